The molecule has 0 saturated carbocycles. The van der Waals surface area contributed by atoms with Crippen LogP contribution in [0.4, 0.5) is 0 Å². The number of hydrogen-bond donors (Lipinski definition) is 1. The topological polar surface area (TPSA) is 69.2 Å². The van der Waals surface area contributed by atoms with Crippen molar-refractivity contribution in [2.75, 3.05) is 20.8 Å². The molecule has 0 aliphatic carbocycles. The van der Waals surface area contributed by atoms with Gasteiger partial charge in [0.25, 0.3) is 5.91 Å². The molecule has 0 fully saturated rings. The first-order valence-corrected chi connectivity index (χ1v) is 7.36. The molecule has 6 nitrogen and oxygen atoms in total. The van der Waals surface area contributed by atoms with Crippen LogP contribution in [0, 0.1) is 6.92 Å². The highest BCUT2D eigenvalue weighted by Gasteiger charge is 2.06. The van der Waals surface area contributed by atoms with Gasteiger partial charge in [0.05, 0.1) is 20.4 Å². The van der Waals surface area contributed by atoms with E-state index < -0.39 is 0 Å². The Morgan fingerprint density at radius 2 is 1.79 bits per heavy atom. The van der Waals surface area contributed by atoms with Crippen LogP contribution in [0.25, 0.3) is 0 Å². The molecule has 0 heterocycles. The number of methoxy groups -OCH3 is 2. The highest BCUT2D eigenvalue weighted by Crippen LogP contribution is 2.25. The van der Waals surface area contributed by atoms with Crippen LogP contribution in [0.3, 0.4) is 0 Å². The summed E-state index contributed by atoms with van der Waals surface area (Å²) < 4.78 is 15.8. The third-order valence-electron chi connectivity index (χ3n) is 3.25. The third kappa shape index (κ3) is 4.74. The third-order valence-corrected chi connectivity index (χ3v) is 3.25. The lowest BCUT2D eigenvalue weighted by molar-refractivity contribution is -0.123. The van der Waals surface area contributed by atoms with Crippen LogP contribution in [0.5, 0.6) is 17.2 Å². The number of hydrazone groups is 1. The Kier molecular flexibility index (Phi) is 6.19. The van der Waals surface area contributed by atoms with E-state index >= 15 is 0 Å². The van der Waals surface area contributed by atoms with Crippen molar-refractivity contribution in [3.05, 3.63) is 53.6 Å². The van der Waals surface area contributed by atoms with Gasteiger partial charge in [-0.05, 0) is 48.4 Å². The lowest BCUT2D eigenvalue weighted by Crippen LogP contribution is -2.24. The van der Waals surface area contributed by atoms with Crippen molar-refractivity contribution in [3.63, 3.8) is 0 Å². The molecule has 126 valence electrons. The van der Waals surface area contributed by atoms with Gasteiger partial charge >= 0.3 is 0 Å². The Labute approximate surface area is 141 Å². The van der Waals surface area contributed by atoms with Crippen LogP contribution < -0.4 is 19.6 Å². The van der Waals surface area contributed by atoms with Crippen LogP contribution in [0.1, 0.15) is 11.1 Å². The number of carbonyl (C=O) groups is 1. The summed E-state index contributed by atoms with van der Waals surface area (Å²) >= 11 is 0. The van der Waals surface area contributed by atoms with Crippen LogP contribution >= 0.6 is 0 Å². The second-order valence-electron chi connectivity index (χ2n) is 4.96. The van der Waals surface area contributed by atoms with Crippen molar-refractivity contribution in [2.24, 2.45) is 5.10 Å². The van der Waals surface area contributed by atoms with E-state index in [4.69, 9.17) is 14.2 Å². The van der Waals surface area contributed by atoms with Gasteiger partial charge in [0, 0.05) is 0 Å². The lowest BCUT2D eigenvalue weighted by atomic mass is 10.1. The minimum atomic E-state index is -0.359. The molecule has 0 saturated heterocycles. The van der Waals surface area contributed by atoms with E-state index in [1.165, 1.54) is 0 Å². The Balaban J connectivity index is 1.85. The van der Waals surface area contributed by atoms with E-state index in [2.05, 4.69) is 10.5 Å². The Morgan fingerprint density at radius 1 is 1.08 bits per heavy atom. The summed E-state index contributed by atoms with van der Waals surface area (Å²) in [6.45, 7) is 1.79. The largest absolute Gasteiger partial charge is 0.496 e. The number of aryl methyl sites for hydroxylation is 1. The molecule has 0 atom stereocenters. The molecular weight excluding hydrogens is 308 g/mol. The maximum atomic E-state index is 11.8. The second-order valence-corrected chi connectivity index (χ2v) is 4.96. The van der Waals surface area contributed by atoms with Crippen LogP contribution in [0.15, 0.2) is 47.6 Å². The van der Waals surface area contributed by atoms with Crippen molar-refractivity contribution in [1.82, 2.24) is 5.43 Å². The van der Waals surface area contributed by atoms with E-state index in [1.54, 1.807) is 38.6 Å². The molecule has 0 aliphatic rings. The first-order chi connectivity index (χ1) is 11.6. The monoisotopic (exact) mass is 328 g/mol. The van der Waals surface area contributed by atoms with Gasteiger partial charge in [-0.25, -0.2) is 5.43 Å². The summed E-state index contributed by atoms with van der Waals surface area (Å²) in [4.78, 5) is 11.8. The molecule has 2 aromatic rings. The molecule has 0 unspecified atom stereocenters. The molecule has 24 heavy (non-hydrogen) atoms. The first-order valence-electron chi connectivity index (χ1n) is 7.36. The number of nitrogens with zero attached hydrogens (tertiary/aromatic N) is 1. The molecule has 2 rings (SSSR count). The van der Waals surface area contributed by atoms with E-state index in [1.807, 2.05) is 31.2 Å². The number of carbonyl (C=O) groups excluding carboxylic acids is 1. The van der Waals surface area contributed by atoms with E-state index in [-0.39, 0.29) is 12.5 Å². The molecule has 0 spiro atoms. The number of ether oxygens (including phenoxy) is 3. The summed E-state index contributed by atoms with van der Waals surface area (Å²) in [5.74, 6) is 1.52. The van der Waals surface area contributed by atoms with Crippen LogP contribution in [0.2, 0.25) is 0 Å². The molecule has 2 aromatic carbocycles. The molecule has 0 radical (unpaired) electrons. The molecule has 0 aliphatic heterocycles. The number of nitrogens with one attached hydrogen (secondary N) is 1. The average molecular weight is 328 g/mol. The van der Waals surface area contributed by atoms with Crippen molar-refractivity contribution in [3.8, 4) is 17.2 Å². The normalized spacial score (nSPS) is 10.5. The fourth-order valence-corrected chi connectivity index (χ4v) is 2.07. The summed E-state index contributed by atoms with van der Waals surface area (Å²) in [6, 6.07) is 12.7. The van der Waals surface area contributed by atoms with Gasteiger partial charge in [0.2, 0.25) is 0 Å². The van der Waals surface area contributed by atoms with Crippen molar-refractivity contribution in [2.45, 2.75) is 6.92 Å². The van der Waals surface area contributed by atoms with Gasteiger partial charge in [0.1, 0.15) is 5.75 Å². The summed E-state index contributed by atoms with van der Waals surface area (Å²) in [5, 5.41) is 3.92. The van der Waals surface area contributed by atoms with Crippen molar-refractivity contribution >= 4 is 12.1 Å². The number of rotatable bonds is 7. The fraction of sp³-hybridized carbons (Fsp3) is 0.222. The van der Waals surface area contributed by atoms with Gasteiger partial charge in [-0.15, -0.1) is 0 Å². The van der Waals surface area contributed by atoms with Crippen molar-refractivity contribution in [1.29, 1.82) is 0 Å². The standard InChI is InChI=1S/C18H20N2O4/c1-13-10-14(8-9-15(13)22-2)11-19-20-18(21)12-24-17-7-5-4-6-16(17)23-3/h4-11H,12H2,1-3H3,(H,20,21). The number of hydrogen-bond acceptors (Lipinski definition) is 5. The molecule has 6 heteroatoms. The molecule has 1 amide bonds. The predicted octanol–water partition coefficient (Wildman–Crippen LogP) is 2.54. The minimum absolute atomic E-state index is 0.153. The summed E-state index contributed by atoms with van der Waals surface area (Å²) in [6.07, 6.45) is 1.56. The molecule has 0 bridgehead atoms. The molecule has 0 aromatic heterocycles. The highest BCUT2D eigenvalue weighted by molar-refractivity contribution is 5.83. The molecule has 1 N–H and O–H groups in total. The number of para-hydroxylation sites is 2. The Morgan fingerprint density at radius 3 is 2.46 bits per heavy atom. The Bertz CT molecular complexity index is 729. The number of amides is 1. The zero-order valence-corrected chi connectivity index (χ0v) is 13.9. The van der Waals surface area contributed by atoms with E-state index in [9.17, 15) is 4.79 Å². The Hall–Kier alpha value is -3.02. The molecular formula is C18H20N2O4. The van der Waals surface area contributed by atoms with Crippen LogP contribution in [-0.4, -0.2) is 32.9 Å². The van der Waals surface area contributed by atoms with Gasteiger partial charge < -0.3 is 14.2 Å². The fourth-order valence-electron chi connectivity index (χ4n) is 2.07. The SMILES string of the molecule is COc1ccc(C=NNC(=O)COc2ccccc2OC)cc1C. The maximum Gasteiger partial charge on any atom is 0.277 e. The van der Waals surface area contributed by atoms with Crippen molar-refractivity contribution < 1.29 is 19.0 Å². The van der Waals surface area contributed by atoms with Crippen LogP contribution in [-0.2, 0) is 4.79 Å². The summed E-state index contributed by atoms with van der Waals surface area (Å²) in [7, 11) is 3.17. The minimum Gasteiger partial charge on any atom is -0.496 e. The van der Waals surface area contributed by atoms with Gasteiger partial charge in [-0.1, -0.05) is 12.1 Å². The van der Waals surface area contributed by atoms with Gasteiger partial charge in [-0.3, -0.25) is 4.79 Å². The first kappa shape index (κ1) is 17.3. The lowest BCUT2D eigenvalue weighted by Gasteiger charge is -2.09. The smallest absolute Gasteiger partial charge is 0.277 e. The number of benzene rings is 2. The van der Waals surface area contributed by atoms with E-state index in [0.29, 0.717) is 11.5 Å². The zero-order chi connectivity index (χ0) is 17.4. The zero-order valence-electron chi connectivity index (χ0n) is 13.9. The predicted molar refractivity (Wildman–Crippen MR) is 92.0 cm³/mol. The average Bonchev–Trinajstić information content (AvgIpc) is 2.60. The van der Waals surface area contributed by atoms with Gasteiger partial charge in [0.15, 0.2) is 18.1 Å². The maximum absolute atomic E-state index is 11.8. The highest BCUT2D eigenvalue weighted by atomic mass is 16.5. The second kappa shape index (κ2) is 8.57. The quantitative estimate of drug-likeness (QED) is 0.626. The summed E-state index contributed by atoms with van der Waals surface area (Å²) in [5.41, 5.74) is 4.27. The van der Waals surface area contributed by atoms with E-state index in [0.717, 1.165) is 16.9 Å². The van der Waals surface area contributed by atoms with Gasteiger partial charge in [-0.2, -0.15) is 5.10 Å².